The number of amides is 5. The van der Waals surface area contributed by atoms with Crippen LogP contribution in [0.5, 0.6) is 0 Å². The lowest BCUT2D eigenvalue weighted by Gasteiger charge is -2.37. The average molecular weight is 950 g/mol. The number of aromatic nitrogens is 3. The second-order valence-corrected chi connectivity index (χ2v) is 21.2. The number of likely N-dealkylation sites (N-methyl/N-ethyl adjacent to an activating group) is 1. The largest absolute Gasteiger partial charge is 0.464 e. The van der Waals surface area contributed by atoms with Gasteiger partial charge in [-0.15, -0.1) is 11.3 Å². The number of hydrogen-bond donors (Lipinski definition) is 2. The van der Waals surface area contributed by atoms with Crippen molar-refractivity contribution < 1.29 is 33.4 Å². The molecule has 1 aromatic carbocycles. The zero-order valence-electron chi connectivity index (χ0n) is 40.8. The van der Waals surface area contributed by atoms with Gasteiger partial charge in [-0.05, 0) is 87.8 Å². The highest BCUT2D eigenvalue weighted by atomic mass is 32.1. The van der Waals surface area contributed by atoms with E-state index in [0.29, 0.717) is 63.5 Å². The van der Waals surface area contributed by atoms with Crippen LogP contribution in [0.15, 0.2) is 54.6 Å². The van der Waals surface area contributed by atoms with Crippen LogP contribution in [0, 0.1) is 16.7 Å². The van der Waals surface area contributed by atoms with Crippen molar-refractivity contribution >= 4 is 52.0 Å². The van der Waals surface area contributed by atoms with Crippen LogP contribution < -0.4 is 10.7 Å². The molecule has 0 aliphatic carbocycles. The van der Waals surface area contributed by atoms with Crippen LogP contribution in [0.4, 0.5) is 4.79 Å². The van der Waals surface area contributed by atoms with Crippen molar-refractivity contribution in [3.05, 3.63) is 70.8 Å². The number of ether oxygens (including phenoxy) is 2. The van der Waals surface area contributed by atoms with Gasteiger partial charge in [0.15, 0.2) is 0 Å². The molecule has 4 aliphatic rings. The second kappa shape index (κ2) is 19.8. The molecule has 5 atom stereocenters. The van der Waals surface area contributed by atoms with Crippen molar-refractivity contribution in [1.82, 2.24) is 45.0 Å². The molecule has 1 spiro atoms. The van der Waals surface area contributed by atoms with Gasteiger partial charge in [0, 0.05) is 104 Å². The number of benzene rings is 1. The van der Waals surface area contributed by atoms with Crippen LogP contribution in [0.2, 0.25) is 0 Å². The maximum absolute atomic E-state index is 14.7. The van der Waals surface area contributed by atoms with Crippen molar-refractivity contribution in [2.45, 2.75) is 111 Å². The third-order valence-corrected chi connectivity index (χ3v) is 15.3. The summed E-state index contributed by atoms with van der Waals surface area (Å²) in [5, 5.41) is 8.17. The Kier molecular flexibility index (Phi) is 14.2. The summed E-state index contributed by atoms with van der Waals surface area (Å²) in [5.74, 6) is -1.75. The van der Waals surface area contributed by atoms with Crippen molar-refractivity contribution in [2.24, 2.45) is 16.7 Å². The van der Waals surface area contributed by atoms with Crippen LogP contribution in [0.3, 0.4) is 0 Å². The molecule has 0 saturated carbocycles. The van der Waals surface area contributed by atoms with Gasteiger partial charge in [0.1, 0.15) is 18.1 Å². The Morgan fingerprint density at radius 2 is 1.85 bits per heavy atom. The first kappa shape index (κ1) is 48.8. The van der Waals surface area contributed by atoms with E-state index < -0.39 is 41.3 Å². The zero-order chi connectivity index (χ0) is 48.7. The van der Waals surface area contributed by atoms with Crippen LogP contribution in [-0.4, -0.2) is 136 Å². The van der Waals surface area contributed by atoms with Gasteiger partial charge in [-0.3, -0.25) is 29.2 Å². The first-order chi connectivity index (χ1) is 32.5. The summed E-state index contributed by atoms with van der Waals surface area (Å²) in [4.78, 5) is 84.8. The number of nitrogens with one attached hydrogen (secondary N) is 2. The van der Waals surface area contributed by atoms with E-state index in [0.717, 1.165) is 57.5 Å². The first-order valence-electron chi connectivity index (χ1n) is 24.0. The van der Waals surface area contributed by atoms with Gasteiger partial charge < -0.3 is 34.1 Å². The van der Waals surface area contributed by atoms with E-state index in [-0.39, 0.29) is 42.4 Å². The molecule has 364 valence electrons. The molecule has 0 radical (unpaired) electrons. The minimum Gasteiger partial charge on any atom is -0.464 e. The van der Waals surface area contributed by atoms with Gasteiger partial charge >= 0.3 is 12.0 Å². The molecule has 5 amide bonds. The number of carbonyl (C=O) groups excluding carboxylic acids is 5. The summed E-state index contributed by atoms with van der Waals surface area (Å²) in [7, 11) is 3.32. The summed E-state index contributed by atoms with van der Waals surface area (Å²) in [5.41, 5.74) is 9.10. The van der Waals surface area contributed by atoms with E-state index in [4.69, 9.17) is 19.4 Å². The Morgan fingerprint density at radius 3 is 2.57 bits per heavy atom. The van der Waals surface area contributed by atoms with Crippen molar-refractivity contribution in [1.29, 1.82) is 0 Å². The van der Waals surface area contributed by atoms with E-state index in [9.17, 15) is 24.0 Å². The van der Waals surface area contributed by atoms with Gasteiger partial charge in [0.05, 0.1) is 34.8 Å². The molecule has 17 heteroatoms. The molecule has 3 saturated heterocycles. The monoisotopic (exact) mass is 949 g/mol. The molecule has 4 aromatic rings. The summed E-state index contributed by atoms with van der Waals surface area (Å²) in [6, 6.07) is 7.38. The lowest BCUT2D eigenvalue weighted by Crippen LogP contribution is -2.62. The highest BCUT2D eigenvalue weighted by molar-refractivity contribution is 7.10. The molecular weight excluding hydrogens is 883 g/mol. The summed E-state index contributed by atoms with van der Waals surface area (Å²) < 4.78 is 14.3. The van der Waals surface area contributed by atoms with Crippen LogP contribution in [0.1, 0.15) is 89.6 Å². The Balaban J connectivity index is 1.12. The molecule has 68 heavy (non-hydrogen) atoms. The standard InChI is InChI=1S/C51H67N9O7S/c1-10-42(61)57-22-18-51(28-57)19-23-58(29-51)49(65)56(8)44(31(3)4)46(62)54-38-25-41-53-39(27-68-41)33-16-17-40-35(24-33)36(45(59(40)11-2)34-14-12-20-52-43(34)32(5)66-9)26-50(6,7)30-67-48(64)37-15-13-21-60(55-37)47(38)63/h10,12,14,16-17,20,24,27,31-32,37-38,44,55H,1,11,13,15,18-19,21-23,25-26,28-30H2,2-9H3,(H,54,62)/t32-,37-,38-,44-,51-/m0/s1. The number of pyridine rings is 1. The van der Waals surface area contributed by atoms with E-state index >= 15 is 0 Å². The first-order valence-corrected chi connectivity index (χ1v) is 24.9. The van der Waals surface area contributed by atoms with E-state index in [1.54, 1.807) is 30.2 Å². The molecule has 8 rings (SSSR count). The molecule has 0 unspecified atom stereocenters. The second-order valence-electron chi connectivity index (χ2n) is 20.2. The predicted molar refractivity (Wildman–Crippen MR) is 261 cm³/mol. The highest BCUT2D eigenvalue weighted by Gasteiger charge is 2.47. The number of carbonyl (C=O) groups is 5. The number of fused-ring (bicyclic) bond motifs is 6. The average Bonchev–Trinajstić information content (AvgIpc) is 4.15. The predicted octanol–water partition coefficient (Wildman–Crippen LogP) is 6.39. The lowest BCUT2D eigenvalue weighted by atomic mass is 9.84. The van der Waals surface area contributed by atoms with Gasteiger partial charge in [-0.1, -0.05) is 40.3 Å². The molecule has 16 nitrogen and oxygen atoms in total. The third kappa shape index (κ3) is 9.66. The smallest absolute Gasteiger partial charge is 0.324 e. The van der Waals surface area contributed by atoms with Gasteiger partial charge in [0.2, 0.25) is 11.8 Å². The molecule has 4 aliphatic heterocycles. The molecule has 7 heterocycles. The number of rotatable bonds is 9. The Bertz CT molecular complexity index is 2590. The van der Waals surface area contributed by atoms with Gasteiger partial charge in [-0.2, -0.15) is 0 Å². The molecule has 2 N–H and O–H groups in total. The maximum atomic E-state index is 14.7. The highest BCUT2D eigenvalue weighted by Crippen LogP contribution is 2.43. The summed E-state index contributed by atoms with van der Waals surface area (Å²) >= 11 is 1.42. The SMILES string of the molecule is C=CC(=O)N1CC[C@]2(CCN(C(=O)N(C)[C@H](C(=O)N[C@H]3Cc4nc(cs4)-c4ccc5c(c4)c(c(-c4cccnc4[C@H](C)OC)n5CC)CC(C)(C)COC(=O)[C@@H]4CCCN(N4)C3=O)C(C)C)C2)C1. The van der Waals surface area contributed by atoms with Crippen molar-refractivity contribution in [3.63, 3.8) is 0 Å². The number of urea groups is 1. The number of likely N-dealkylation sites (tertiary alicyclic amines) is 2. The van der Waals surface area contributed by atoms with Crippen LogP contribution in [-0.2, 0) is 48.0 Å². The molecular formula is C51H67N9O7S. The number of esters is 1. The summed E-state index contributed by atoms with van der Waals surface area (Å²) in [6.45, 7) is 19.1. The Labute approximate surface area is 403 Å². The summed E-state index contributed by atoms with van der Waals surface area (Å²) in [6.07, 6.45) is 6.09. The fourth-order valence-electron chi connectivity index (χ4n) is 10.8. The van der Waals surface area contributed by atoms with E-state index in [1.807, 2.05) is 32.2 Å². The number of thiazole rings is 1. The number of nitrogens with zero attached hydrogens (tertiary/aromatic N) is 7. The van der Waals surface area contributed by atoms with Gasteiger partial charge in [-0.25, -0.2) is 15.2 Å². The molecule has 6 bridgehead atoms. The quantitative estimate of drug-likeness (QED) is 0.142. The lowest BCUT2D eigenvalue weighted by molar-refractivity contribution is -0.155. The minimum absolute atomic E-state index is 0.0824. The van der Waals surface area contributed by atoms with Crippen molar-refractivity contribution in [3.8, 4) is 22.5 Å². The van der Waals surface area contributed by atoms with E-state index in [1.165, 1.54) is 27.3 Å². The normalized spacial score (nSPS) is 22.9. The number of cyclic esters (lactones) is 1. The third-order valence-electron chi connectivity index (χ3n) is 14.4. The maximum Gasteiger partial charge on any atom is 0.324 e. The fraction of sp³-hybridized carbons (Fsp3) is 0.549. The van der Waals surface area contributed by atoms with Crippen LogP contribution >= 0.6 is 11.3 Å². The van der Waals surface area contributed by atoms with E-state index in [2.05, 4.69) is 66.9 Å². The number of methoxy groups -OCH3 is 1. The number of aryl methyl sites for hydroxylation is 1. The number of hydrogen-bond acceptors (Lipinski definition) is 11. The molecule has 3 aromatic heterocycles. The Hall–Kier alpha value is -5.65. The Morgan fingerprint density at radius 1 is 1.10 bits per heavy atom. The minimum atomic E-state index is -1.08. The zero-order valence-corrected chi connectivity index (χ0v) is 41.6. The topological polar surface area (TPSA) is 172 Å². The van der Waals surface area contributed by atoms with Crippen LogP contribution in [0.25, 0.3) is 33.4 Å². The van der Waals surface area contributed by atoms with Gasteiger partial charge in [0.25, 0.3) is 5.91 Å². The number of hydrazine groups is 1. The van der Waals surface area contributed by atoms with Crippen molar-refractivity contribution in [2.75, 3.05) is 53.5 Å². The molecule has 3 fully saturated rings. The fourth-order valence-corrected chi connectivity index (χ4v) is 11.6.